The number of aromatic nitrogens is 2. The number of amides is 1. The van der Waals surface area contributed by atoms with Crippen molar-refractivity contribution < 1.29 is 14.7 Å². The Morgan fingerprint density at radius 1 is 1.44 bits per heavy atom. The Morgan fingerprint density at radius 2 is 2.17 bits per heavy atom. The van der Waals surface area contributed by atoms with Gasteiger partial charge in [-0.05, 0) is 25.5 Å². The predicted molar refractivity (Wildman–Crippen MR) is 63.1 cm³/mol. The van der Waals surface area contributed by atoms with Crippen molar-refractivity contribution in [1.29, 1.82) is 0 Å². The van der Waals surface area contributed by atoms with Crippen LogP contribution in [0.5, 0.6) is 0 Å². The molecule has 96 valence electrons. The molecular formula is C11H14N4O3. The maximum absolute atomic E-state index is 11.1. The lowest BCUT2D eigenvalue weighted by Gasteiger charge is -2.20. The van der Waals surface area contributed by atoms with Crippen molar-refractivity contribution in [2.75, 3.05) is 18.0 Å². The molecule has 1 aromatic heterocycles. The summed E-state index contributed by atoms with van der Waals surface area (Å²) in [6, 6.07) is 3.11. The Labute approximate surface area is 104 Å². The van der Waals surface area contributed by atoms with Crippen molar-refractivity contribution >= 4 is 17.7 Å². The van der Waals surface area contributed by atoms with Gasteiger partial charge in [-0.2, -0.15) is 0 Å². The van der Waals surface area contributed by atoms with E-state index in [-0.39, 0.29) is 5.69 Å². The molecule has 0 saturated carbocycles. The van der Waals surface area contributed by atoms with Crippen molar-refractivity contribution in [3.8, 4) is 0 Å². The number of rotatable bonds is 3. The molecule has 2 rings (SSSR count). The van der Waals surface area contributed by atoms with E-state index in [2.05, 4.69) is 10.2 Å². The number of nitrogens with two attached hydrogens (primary N) is 1. The molecule has 0 radical (unpaired) electrons. The average Bonchev–Trinajstić information content (AvgIpc) is 2.73. The van der Waals surface area contributed by atoms with Gasteiger partial charge in [-0.1, -0.05) is 0 Å². The fourth-order valence-electron chi connectivity index (χ4n) is 1.96. The molecule has 1 atom stereocenters. The molecule has 1 fully saturated rings. The van der Waals surface area contributed by atoms with E-state index in [1.807, 2.05) is 4.90 Å². The van der Waals surface area contributed by atoms with E-state index in [9.17, 15) is 9.59 Å². The van der Waals surface area contributed by atoms with Crippen molar-refractivity contribution in [2.45, 2.75) is 13.3 Å². The Kier molecular flexibility index (Phi) is 2.90. The van der Waals surface area contributed by atoms with Crippen LogP contribution in [0.25, 0.3) is 0 Å². The second-order valence-electron chi connectivity index (χ2n) is 4.68. The van der Waals surface area contributed by atoms with Gasteiger partial charge in [0.25, 0.3) is 5.91 Å². The van der Waals surface area contributed by atoms with Crippen LogP contribution in [0.15, 0.2) is 12.1 Å². The normalized spacial score (nSPS) is 23.1. The molecule has 7 heteroatoms. The van der Waals surface area contributed by atoms with E-state index >= 15 is 0 Å². The van der Waals surface area contributed by atoms with Gasteiger partial charge in [-0.3, -0.25) is 9.59 Å². The average molecular weight is 250 g/mol. The van der Waals surface area contributed by atoms with E-state index in [4.69, 9.17) is 10.8 Å². The number of primary amides is 1. The van der Waals surface area contributed by atoms with E-state index in [1.54, 1.807) is 13.0 Å². The molecule has 1 aliphatic rings. The topological polar surface area (TPSA) is 109 Å². The molecule has 0 aromatic carbocycles. The number of aliphatic carboxylic acids is 1. The molecular weight excluding hydrogens is 236 g/mol. The molecule has 2 heterocycles. The highest BCUT2D eigenvalue weighted by atomic mass is 16.4. The minimum atomic E-state index is -0.813. The lowest BCUT2D eigenvalue weighted by Crippen LogP contribution is -2.32. The van der Waals surface area contributed by atoms with Gasteiger partial charge in [0.15, 0.2) is 11.5 Å². The van der Waals surface area contributed by atoms with Gasteiger partial charge in [-0.25, -0.2) is 0 Å². The molecule has 7 nitrogen and oxygen atoms in total. The summed E-state index contributed by atoms with van der Waals surface area (Å²) in [7, 11) is 0. The van der Waals surface area contributed by atoms with Crippen LogP contribution in [0.4, 0.5) is 5.82 Å². The van der Waals surface area contributed by atoms with Crippen molar-refractivity contribution in [1.82, 2.24) is 10.2 Å². The first-order valence-corrected chi connectivity index (χ1v) is 5.54. The van der Waals surface area contributed by atoms with E-state index in [0.29, 0.717) is 25.3 Å². The Balaban J connectivity index is 2.15. The van der Waals surface area contributed by atoms with Crippen molar-refractivity contribution in [3.05, 3.63) is 17.8 Å². The molecule has 3 N–H and O–H groups in total. The highest BCUT2D eigenvalue weighted by Crippen LogP contribution is 2.32. The summed E-state index contributed by atoms with van der Waals surface area (Å²) in [6.45, 7) is 2.70. The Morgan fingerprint density at radius 3 is 2.61 bits per heavy atom. The van der Waals surface area contributed by atoms with Crippen LogP contribution in [-0.4, -0.2) is 40.3 Å². The molecule has 1 aromatic rings. The zero-order valence-electron chi connectivity index (χ0n) is 9.96. The van der Waals surface area contributed by atoms with Crippen LogP contribution in [0.3, 0.4) is 0 Å². The maximum Gasteiger partial charge on any atom is 0.311 e. The molecule has 1 unspecified atom stereocenters. The minimum absolute atomic E-state index is 0.0962. The minimum Gasteiger partial charge on any atom is -0.481 e. The fourth-order valence-corrected chi connectivity index (χ4v) is 1.96. The molecule has 0 spiro atoms. The summed E-state index contributed by atoms with van der Waals surface area (Å²) in [4.78, 5) is 23.8. The first-order valence-electron chi connectivity index (χ1n) is 5.54. The Hall–Kier alpha value is -2.18. The van der Waals surface area contributed by atoms with Crippen LogP contribution >= 0.6 is 0 Å². The van der Waals surface area contributed by atoms with Crippen LogP contribution in [0.2, 0.25) is 0 Å². The number of carbonyl (C=O) groups is 2. The van der Waals surface area contributed by atoms with Gasteiger partial charge < -0.3 is 15.7 Å². The number of hydrogen-bond donors (Lipinski definition) is 2. The van der Waals surface area contributed by atoms with Gasteiger partial charge >= 0.3 is 5.97 Å². The third kappa shape index (κ3) is 2.11. The van der Waals surface area contributed by atoms with Crippen molar-refractivity contribution in [2.24, 2.45) is 11.1 Å². The quantitative estimate of drug-likeness (QED) is 0.773. The fraction of sp³-hybridized carbons (Fsp3) is 0.455. The van der Waals surface area contributed by atoms with Gasteiger partial charge in [0.1, 0.15) is 0 Å². The number of nitrogens with zero attached hydrogens (tertiary/aromatic N) is 3. The number of hydrogen-bond acceptors (Lipinski definition) is 5. The van der Waals surface area contributed by atoms with E-state index < -0.39 is 17.3 Å². The molecule has 18 heavy (non-hydrogen) atoms. The first-order chi connectivity index (χ1) is 8.42. The summed E-state index contributed by atoms with van der Waals surface area (Å²) in [6.07, 6.45) is 0.557. The summed E-state index contributed by atoms with van der Waals surface area (Å²) in [5, 5.41) is 16.7. The number of anilines is 1. The highest BCUT2D eigenvalue weighted by Gasteiger charge is 2.40. The molecule has 0 bridgehead atoms. The lowest BCUT2D eigenvalue weighted by molar-refractivity contribution is -0.146. The molecule has 1 amide bonds. The SMILES string of the molecule is CC1(C(=O)O)CCN(c2ccc(C(N)=O)nn2)C1. The molecule has 1 saturated heterocycles. The monoisotopic (exact) mass is 250 g/mol. The lowest BCUT2D eigenvalue weighted by atomic mass is 9.90. The summed E-state index contributed by atoms with van der Waals surface area (Å²) in [5.74, 6) is -0.887. The highest BCUT2D eigenvalue weighted by molar-refractivity contribution is 5.90. The van der Waals surface area contributed by atoms with Gasteiger partial charge in [0, 0.05) is 13.1 Å². The first kappa shape index (κ1) is 12.3. The van der Waals surface area contributed by atoms with Crippen molar-refractivity contribution in [3.63, 3.8) is 0 Å². The van der Waals surface area contributed by atoms with E-state index in [1.165, 1.54) is 6.07 Å². The number of carboxylic acids is 1. The third-order valence-corrected chi connectivity index (χ3v) is 3.22. The van der Waals surface area contributed by atoms with Crippen LogP contribution < -0.4 is 10.6 Å². The third-order valence-electron chi connectivity index (χ3n) is 3.22. The van der Waals surface area contributed by atoms with E-state index in [0.717, 1.165) is 0 Å². The standard InChI is InChI=1S/C11H14N4O3/c1-11(10(17)18)4-5-15(6-11)8-3-2-7(9(12)16)13-14-8/h2-3H,4-6H2,1H3,(H2,12,16)(H,17,18). The largest absolute Gasteiger partial charge is 0.481 e. The van der Waals surface area contributed by atoms with Crippen LogP contribution in [0.1, 0.15) is 23.8 Å². The maximum atomic E-state index is 11.1. The summed E-state index contributed by atoms with van der Waals surface area (Å²) < 4.78 is 0. The second kappa shape index (κ2) is 4.25. The number of carboxylic acid groups (broad SMARTS) is 1. The zero-order chi connectivity index (χ0) is 13.3. The molecule has 0 aliphatic carbocycles. The Bertz CT molecular complexity index is 488. The van der Waals surface area contributed by atoms with Gasteiger partial charge in [0.2, 0.25) is 0 Å². The van der Waals surface area contributed by atoms with Crippen LogP contribution in [-0.2, 0) is 4.79 Å². The number of carbonyl (C=O) groups excluding carboxylic acids is 1. The van der Waals surface area contributed by atoms with Gasteiger partial charge in [0.05, 0.1) is 5.41 Å². The summed E-state index contributed by atoms with van der Waals surface area (Å²) in [5.41, 5.74) is 4.40. The second-order valence-corrected chi connectivity index (χ2v) is 4.68. The predicted octanol–water partition coefficient (Wildman–Crippen LogP) is -0.124. The summed E-state index contributed by atoms with van der Waals surface area (Å²) >= 11 is 0. The van der Waals surface area contributed by atoms with Gasteiger partial charge in [-0.15, -0.1) is 10.2 Å². The zero-order valence-corrected chi connectivity index (χ0v) is 9.96. The van der Waals surface area contributed by atoms with Crippen LogP contribution in [0, 0.1) is 5.41 Å². The molecule has 1 aliphatic heterocycles. The smallest absolute Gasteiger partial charge is 0.311 e.